The van der Waals surface area contributed by atoms with Gasteiger partial charge in [0.2, 0.25) is 11.8 Å². The number of piperidine rings is 1. The third-order valence-electron chi connectivity index (χ3n) is 4.40. The molecule has 0 aromatic heterocycles. The van der Waals surface area contributed by atoms with Gasteiger partial charge in [-0.05, 0) is 31.0 Å². The summed E-state index contributed by atoms with van der Waals surface area (Å²) in [4.78, 5) is 25.1. The highest BCUT2D eigenvalue weighted by atomic mass is 35.5. The molecule has 0 radical (unpaired) electrons. The van der Waals surface area contributed by atoms with Gasteiger partial charge >= 0.3 is 0 Å². The lowest BCUT2D eigenvalue weighted by Gasteiger charge is -2.30. The van der Waals surface area contributed by atoms with Crippen LogP contribution >= 0.6 is 11.6 Å². The number of halogens is 2. The minimum absolute atomic E-state index is 0.0288. The Morgan fingerprint density at radius 3 is 2.80 bits per heavy atom. The molecule has 1 heterocycles. The molecule has 4 nitrogen and oxygen atoms in total. The fourth-order valence-corrected chi connectivity index (χ4v) is 3.36. The molecule has 2 aromatic carbocycles. The Labute approximate surface area is 150 Å². The molecule has 2 amide bonds. The van der Waals surface area contributed by atoms with Crippen LogP contribution in [-0.2, 0) is 9.59 Å². The van der Waals surface area contributed by atoms with E-state index >= 15 is 0 Å². The van der Waals surface area contributed by atoms with Gasteiger partial charge in [-0.1, -0.05) is 47.5 Å². The smallest absolute Gasteiger partial charge is 0.237 e. The first-order valence-corrected chi connectivity index (χ1v) is 8.44. The number of carbonyl (C=O) groups is 2. The Morgan fingerprint density at radius 1 is 1.28 bits per heavy atom. The zero-order valence-corrected chi connectivity index (χ0v) is 14.4. The molecule has 0 aliphatic carbocycles. The lowest BCUT2D eigenvalue weighted by molar-refractivity contribution is -0.135. The Bertz CT molecular complexity index is 825. The van der Waals surface area contributed by atoms with Gasteiger partial charge in [0.25, 0.3) is 0 Å². The maximum atomic E-state index is 14.1. The SMILES string of the molecule is Cc1cccc([C@H]2CCNC(=O)[C@@H]2C(=O)Nc2cccc(Cl)c2F)c1. The van der Waals surface area contributed by atoms with Gasteiger partial charge in [0.15, 0.2) is 5.82 Å². The average molecular weight is 361 g/mol. The van der Waals surface area contributed by atoms with Crippen LogP contribution in [0, 0.1) is 18.7 Å². The molecule has 0 unspecified atom stereocenters. The predicted molar refractivity (Wildman–Crippen MR) is 95.1 cm³/mol. The summed E-state index contributed by atoms with van der Waals surface area (Å²) in [6.07, 6.45) is 0.644. The molecule has 25 heavy (non-hydrogen) atoms. The van der Waals surface area contributed by atoms with Gasteiger partial charge in [-0.3, -0.25) is 9.59 Å². The van der Waals surface area contributed by atoms with Crippen LogP contribution in [0.2, 0.25) is 5.02 Å². The van der Waals surface area contributed by atoms with E-state index in [0.29, 0.717) is 13.0 Å². The lowest BCUT2D eigenvalue weighted by Crippen LogP contribution is -2.46. The molecular formula is C19H18ClFN2O2. The number of hydrogen-bond acceptors (Lipinski definition) is 2. The van der Waals surface area contributed by atoms with Crippen LogP contribution in [-0.4, -0.2) is 18.4 Å². The van der Waals surface area contributed by atoms with E-state index in [1.165, 1.54) is 12.1 Å². The van der Waals surface area contributed by atoms with Crippen molar-refractivity contribution < 1.29 is 14.0 Å². The number of nitrogens with one attached hydrogen (secondary N) is 2. The summed E-state index contributed by atoms with van der Waals surface area (Å²) >= 11 is 5.75. The number of hydrogen-bond donors (Lipinski definition) is 2. The van der Waals surface area contributed by atoms with Crippen molar-refractivity contribution in [3.8, 4) is 0 Å². The molecule has 0 bridgehead atoms. The molecule has 2 N–H and O–H groups in total. The Hall–Kier alpha value is -2.40. The normalized spacial score (nSPS) is 20.0. The minimum atomic E-state index is -0.922. The number of benzene rings is 2. The first kappa shape index (κ1) is 17.4. The molecule has 3 rings (SSSR count). The van der Waals surface area contributed by atoms with Gasteiger partial charge < -0.3 is 10.6 Å². The summed E-state index contributed by atoms with van der Waals surface area (Å²) in [7, 11) is 0. The van der Waals surface area contributed by atoms with Crippen LogP contribution < -0.4 is 10.6 Å². The summed E-state index contributed by atoms with van der Waals surface area (Å²) in [6, 6.07) is 12.1. The van der Waals surface area contributed by atoms with Crippen molar-refractivity contribution in [3.05, 3.63) is 64.4 Å². The largest absolute Gasteiger partial charge is 0.355 e. The van der Waals surface area contributed by atoms with E-state index in [1.807, 2.05) is 31.2 Å². The summed E-state index contributed by atoms with van der Waals surface area (Å²) in [5.74, 6) is -2.77. The second kappa shape index (κ2) is 7.23. The number of anilines is 1. The summed E-state index contributed by atoms with van der Waals surface area (Å²) in [5.41, 5.74) is 1.96. The number of aryl methyl sites for hydroxylation is 1. The van der Waals surface area contributed by atoms with E-state index in [9.17, 15) is 14.0 Å². The molecule has 1 saturated heterocycles. The van der Waals surface area contributed by atoms with Crippen LogP contribution in [0.3, 0.4) is 0 Å². The van der Waals surface area contributed by atoms with E-state index in [4.69, 9.17) is 11.6 Å². The van der Waals surface area contributed by atoms with Crippen LogP contribution in [0.4, 0.5) is 10.1 Å². The van der Waals surface area contributed by atoms with Crippen molar-refractivity contribution >= 4 is 29.1 Å². The van der Waals surface area contributed by atoms with Crippen molar-refractivity contribution in [3.63, 3.8) is 0 Å². The molecule has 2 aromatic rings. The zero-order chi connectivity index (χ0) is 18.0. The first-order valence-electron chi connectivity index (χ1n) is 8.06. The Balaban J connectivity index is 1.89. The van der Waals surface area contributed by atoms with Crippen molar-refractivity contribution in [2.24, 2.45) is 5.92 Å². The second-order valence-corrected chi connectivity index (χ2v) is 6.58. The average Bonchev–Trinajstić information content (AvgIpc) is 2.58. The molecule has 1 aliphatic rings. The Morgan fingerprint density at radius 2 is 2.04 bits per heavy atom. The van der Waals surface area contributed by atoms with Gasteiger partial charge in [0.05, 0.1) is 10.7 Å². The maximum absolute atomic E-state index is 14.1. The standard InChI is InChI=1S/C19H18ClFN2O2/c1-11-4-2-5-12(10-11)13-8-9-22-18(24)16(13)19(25)23-15-7-3-6-14(20)17(15)21/h2-7,10,13,16H,8-9H2,1H3,(H,22,24)(H,23,25)/t13-,16-/m1/s1. The van der Waals surface area contributed by atoms with E-state index in [2.05, 4.69) is 10.6 Å². The molecule has 2 atom stereocenters. The van der Waals surface area contributed by atoms with Crippen molar-refractivity contribution in [2.75, 3.05) is 11.9 Å². The van der Waals surface area contributed by atoms with E-state index < -0.39 is 17.6 Å². The van der Waals surface area contributed by atoms with Crippen LogP contribution in [0.25, 0.3) is 0 Å². The molecule has 0 saturated carbocycles. The van der Waals surface area contributed by atoms with Gasteiger partial charge in [0, 0.05) is 12.5 Å². The second-order valence-electron chi connectivity index (χ2n) is 6.17. The summed E-state index contributed by atoms with van der Waals surface area (Å²) < 4.78 is 14.1. The maximum Gasteiger partial charge on any atom is 0.237 e. The third kappa shape index (κ3) is 3.66. The number of rotatable bonds is 3. The number of carbonyl (C=O) groups excluding carboxylic acids is 2. The third-order valence-corrected chi connectivity index (χ3v) is 4.69. The minimum Gasteiger partial charge on any atom is -0.355 e. The summed E-state index contributed by atoms with van der Waals surface area (Å²) in [6.45, 7) is 2.47. The topological polar surface area (TPSA) is 58.2 Å². The van der Waals surface area contributed by atoms with Gasteiger partial charge in [0.1, 0.15) is 5.92 Å². The van der Waals surface area contributed by atoms with Crippen molar-refractivity contribution in [1.82, 2.24) is 5.32 Å². The first-order chi connectivity index (χ1) is 12.0. The fourth-order valence-electron chi connectivity index (χ4n) is 3.18. The van der Waals surface area contributed by atoms with Gasteiger partial charge in [-0.2, -0.15) is 0 Å². The highest BCUT2D eigenvalue weighted by Crippen LogP contribution is 2.33. The molecule has 130 valence electrons. The van der Waals surface area contributed by atoms with E-state index in [1.54, 1.807) is 6.07 Å². The lowest BCUT2D eigenvalue weighted by atomic mass is 9.79. The molecule has 6 heteroatoms. The predicted octanol–water partition coefficient (Wildman–Crippen LogP) is 3.65. The molecule has 0 spiro atoms. The Kier molecular flexibility index (Phi) is 5.04. The molecule has 1 fully saturated rings. The summed E-state index contributed by atoms with van der Waals surface area (Å²) in [5, 5.41) is 5.14. The highest BCUT2D eigenvalue weighted by molar-refractivity contribution is 6.31. The zero-order valence-electron chi connectivity index (χ0n) is 13.7. The van der Waals surface area contributed by atoms with Crippen molar-refractivity contribution in [1.29, 1.82) is 0 Å². The molecule has 1 aliphatic heterocycles. The van der Waals surface area contributed by atoms with E-state index in [-0.39, 0.29) is 22.5 Å². The fraction of sp³-hybridized carbons (Fsp3) is 0.263. The van der Waals surface area contributed by atoms with E-state index in [0.717, 1.165) is 11.1 Å². The van der Waals surface area contributed by atoms with Crippen LogP contribution in [0.15, 0.2) is 42.5 Å². The quantitative estimate of drug-likeness (QED) is 0.821. The highest BCUT2D eigenvalue weighted by Gasteiger charge is 2.38. The number of amides is 2. The molecular weight excluding hydrogens is 343 g/mol. The van der Waals surface area contributed by atoms with Crippen molar-refractivity contribution in [2.45, 2.75) is 19.3 Å². The van der Waals surface area contributed by atoms with Gasteiger partial charge in [-0.15, -0.1) is 0 Å². The van der Waals surface area contributed by atoms with Gasteiger partial charge in [-0.25, -0.2) is 4.39 Å². The van der Waals surface area contributed by atoms with Crippen LogP contribution in [0.1, 0.15) is 23.5 Å². The monoisotopic (exact) mass is 360 g/mol. The van der Waals surface area contributed by atoms with Crippen LogP contribution in [0.5, 0.6) is 0 Å².